The summed E-state index contributed by atoms with van der Waals surface area (Å²) in [5.41, 5.74) is 2.36. The average molecular weight is 1980 g/mol. The molecule has 8 aromatic rings. The van der Waals surface area contributed by atoms with Crippen LogP contribution in [-0.4, -0.2) is 261 Å². The smallest absolute Gasteiger partial charge is 0.508 e. The number of imidazole rings is 1. The van der Waals surface area contributed by atoms with E-state index >= 15 is 24.0 Å². The average Bonchev–Trinajstić information content (AvgIpc) is 1.45. The molecular weight excluding hydrogens is 1880 g/mol. The molecule has 8 aliphatic rings. The van der Waals surface area contributed by atoms with Gasteiger partial charge in [0.25, 0.3) is 5.91 Å². The number of H-pyrrole nitrogens is 1. The maximum absolute atomic E-state index is 16.6. The first-order valence-corrected chi connectivity index (χ1v) is 44.2. The number of hydrogen-bond donors (Lipinski definition) is 24. The van der Waals surface area contributed by atoms with Gasteiger partial charge in [0.2, 0.25) is 53.4 Å². The highest BCUT2D eigenvalue weighted by Crippen LogP contribution is 2.51. The van der Waals surface area contributed by atoms with E-state index < -0.39 is 302 Å². The lowest BCUT2D eigenvalue weighted by Gasteiger charge is -2.46. The van der Waals surface area contributed by atoms with Crippen molar-refractivity contribution >= 4 is 82.1 Å². The van der Waals surface area contributed by atoms with Crippen molar-refractivity contribution in [2.45, 2.75) is 206 Å². The molecule has 139 heavy (non-hydrogen) atoms. The van der Waals surface area contributed by atoms with Crippen molar-refractivity contribution in [3.05, 3.63) is 195 Å². The number of phenolic OH excluding ortho intramolecular Hbond substituents is 3. The fourth-order valence-corrected chi connectivity index (χ4v) is 17.4. The lowest BCUT2D eigenvalue weighted by Crippen LogP contribution is -2.65. The van der Waals surface area contributed by atoms with E-state index in [-0.39, 0.29) is 60.8 Å². The van der Waals surface area contributed by atoms with Gasteiger partial charge < -0.3 is 168 Å². The maximum Gasteiger partial charge on any atom is 0.573 e. The number of fused-ring (bicyclic) bond motifs is 15. The van der Waals surface area contributed by atoms with Gasteiger partial charge >= 0.3 is 12.3 Å². The van der Waals surface area contributed by atoms with Crippen LogP contribution in [-0.2, 0) is 75.1 Å². The number of likely N-dealkylation sites (N-methyl/N-ethyl adjacent to an activating group) is 1. The first-order chi connectivity index (χ1) is 65.9. The molecule has 16 rings (SSSR count). The van der Waals surface area contributed by atoms with Crippen LogP contribution in [0.2, 0.25) is 10.0 Å². The summed E-state index contributed by atoms with van der Waals surface area (Å²) in [6.07, 6.45) is -32.4. The third-order valence-corrected chi connectivity index (χ3v) is 24.7. The highest BCUT2D eigenvalue weighted by atomic mass is 35.5. The molecule has 8 aliphatic heterocycles. The van der Waals surface area contributed by atoms with Gasteiger partial charge in [-0.25, -0.2) is 9.78 Å². The number of amides is 8. The Balaban J connectivity index is 0.887. The number of nitrogens with one attached hydrogen (secondary N) is 11. The van der Waals surface area contributed by atoms with Gasteiger partial charge in [0, 0.05) is 77.5 Å². The fraction of sp³-hybridized carbons (Fsp3) is 0.407. The number of phenols is 3. The third kappa shape index (κ3) is 23.4. The number of hydrogen-bond acceptors (Lipinski definition) is 33. The molecule has 0 saturated carbocycles. The Morgan fingerprint density at radius 1 is 0.676 bits per heavy atom. The van der Waals surface area contributed by atoms with Gasteiger partial charge in [-0.3, -0.25) is 38.4 Å². The number of ether oxygens (including phenoxy) is 9. The number of carboxylic acid groups (broad SMARTS) is 1. The molecule has 8 amide bonds. The molecule has 3 saturated heterocycles. The number of aliphatic hydroxyl groups is 8. The highest BCUT2D eigenvalue weighted by Gasteiger charge is 2.54. The molecule has 25 N–H and O–H groups in total. The lowest BCUT2D eigenvalue weighted by molar-refractivity contribution is -0.350. The van der Waals surface area contributed by atoms with Gasteiger partial charge in [-0.1, -0.05) is 73.4 Å². The van der Waals surface area contributed by atoms with Crippen LogP contribution in [0.5, 0.6) is 51.7 Å². The van der Waals surface area contributed by atoms with E-state index in [0.717, 1.165) is 78.9 Å². The molecule has 11 bridgehead atoms. The van der Waals surface area contributed by atoms with E-state index in [4.69, 9.17) is 66.8 Å². The predicted octanol–water partition coefficient (Wildman–Crippen LogP) is 2.43. The van der Waals surface area contributed by atoms with E-state index in [2.05, 4.69) is 67.9 Å². The summed E-state index contributed by atoms with van der Waals surface area (Å²) in [4.78, 5) is 142. The molecule has 1 unspecified atom stereocenters. The van der Waals surface area contributed by atoms with E-state index in [1.807, 2.05) is 0 Å². The number of alkyl halides is 3. The molecule has 7 aromatic carbocycles. The Kier molecular flexibility index (Phi) is 31.6. The summed E-state index contributed by atoms with van der Waals surface area (Å²) >= 11 is 14.6. The fourth-order valence-electron chi connectivity index (χ4n) is 17.0. The quantitative estimate of drug-likeness (QED) is 0.0391. The van der Waals surface area contributed by atoms with Gasteiger partial charge in [0.15, 0.2) is 30.1 Å². The summed E-state index contributed by atoms with van der Waals surface area (Å²) < 4.78 is 94.7. The first-order valence-electron chi connectivity index (χ1n) is 43.5. The second-order valence-electron chi connectivity index (χ2n) is 34.5. The van der Waals surface area contributed by atoms with Crippen molar-refractivity contribution in [2.24, 2.45) is 11.7 Å². The molecule has 43 nitrogen and oxygen atoms in total. The first kappa shape index (κ1) is 102. The maximum atomic E-state index is 16.6. The van der Waals surface area contributed by atoms with Gasteiger partial charge in [0.1, 0.15) is 126 Å². The van der Waals surface area contributed by atoms with Crippen LogP contribution in [0.1, 0.15) is 127 Å². The van der Waals surface area contributed by atoms with E-state index in [0.29, 0.717) is 11.3 Å². The number of aromatic amines is 1. The number of anilines is 1. The zero-order valence-electron chi connectivity index (χ0n) is 74.1. The molecular formula is C91H100Cl2F3N13O30. The van der Waals surface area contributed by atoms with E-state index in [1.54, 1.807) is 26.8 Å². The van der Waals surface area contributed by atoms with Crippen LogP contribution in [0.25, 0.3) is 11.1 Å². The summed E-state index contributed by atoms with van der Waals surface area (Å²) in [7, 11) is 1.45. The van der Waals surface area contributed by atoms with Gasteiger partial charge in [-0.2, -0.15) is 0 Å². The number of benzene rings is 7. The van der Waals surface area contributed by atoms with Crippen molar-refractivity contribution in [1.82, 2.24) is 57.8 Å². The standard InChI is InChI=1S/C91H100Cl2F3N13O30/c1-36(2)18-52(98-5)81(123)108-68-70(115)40-13-16-56(50(92)22-40)132-58-24-43-25-59(77(58)137-89-75(120)73(118)78(61(34-110)135-89)138-88-74(119)72(117)71(116)60(134-88)33-99-30-38-8-6-10-44(19-38)103-80(122)42-9-7-11-47(20-42)139-91(94,95)96)133-57-17-14-41(23-51(57)93)76(136-63-29-90(4,79(121)37(3)131-63)102-32-45-31-100-35-101-45)69-86(128)107-67(87(129)130)49-26-46(111)27-55(113)64(49)48-21-39(12-15-54(48)112)65(83(125)109-69)106-84(126)66(43)105-82(124)53(28-62(97)114)104-85(68)127/h6-17,19-27,31,35-37,52-53,60-61,63,65-76,78-79,88-89,98-99,102,110-113,115-121H,18,28-30,32-34H2,1-5H3,(H2,97,114)(H,100,101)(H,103,122)(H,104,127)(H,105,124)(H,106,126)(H,107,128)(H,108,123)(H,109,125)(H,129,130)/t37-,52+,53-,60+,61+,63-,65+,66+,67+,68?,69-,70+,71-,72-,73+,74+,75+,76+,78+,79-,88-,89-,90-/m0/s1. The van der Waals surface area contributed by atoms with Crippen LogP contribution in [0.4, 0.5) is 18.9 Å². The number of aliphatic carboxylic acids is 1. The minimum Gasteiger partial charge on any atom is -0.508 e. The monoisotopic (exact) mass is 1980 g/mol. The number of carbonyl (C=O) groups excluding carboxylic acids is 8. The Morgan fingerprint density at radius 3 is 2.00 bits per heavy atom. The van der Waals surface area contributed by atoms with Crippen LogP contribution in [0.15, 0.2) is 140 Å². The lowest BCUT2D eigenvalue weighted by atomic mass is 9.85. The molecule has 23 atom stereocenters. The number of primary amides is 1. The molecule has 3 fully saturated rings. The predicted molar refractivity (Wildman–Crippen MR) is 475 cm³/mol. The number of carboxylic acids is 1. The number of halogens is 5. The van der Waals surface area contributed by atoms with E-state index in [9.17, 15) is 93.6 Å². The number of carbonyl (C=O) groups is 9. The Labute approximate surface area is 797 Å². The van der Waals surface area contributed by atoms with Crippen molar-refractivity contribution in [2.75, 3.05) is 25.5 Å². The van der Waals surface area contributed by atoms with Crippen LogP contribution in [0, 0.1) is 5.92 Å². The Bertz CT molecular complexity index is 5920. The number of aromatic hydroxyl groups is 3. The Morgan fingerprint density at radius 2 is 1.34 bits per heavy atom. The third-order valence-electron chi connectivity index (χ3n) is 24.1. The number of rotatable bonds is 25. The van der Waals surface area contributed by atoms with Crippen LogP contribution < -0.4 is 77.8 Å². The van der Waals surface area contributed by atoms with Gasteiger partial charge in [-0.15, -0.1) is 13.2 Å². The van der Waals surface area contributed by atoms with Crippen LogP contribution >= 0.6 is 23.2 Å². The topological polar surface area (TPSA) is 654 Å². The van der Waals surface area contributed by atoms with Gasteiger partial charge in [-0.05, 0) is 146 Å². The molecule has 0 radical (unpaired) electrons. The number of nitrogens with two attached hydrogens (primary N) is 1. The normalized spacial score (nSPS) is 28.0. The zero-order valence-corrected chi connectivity index (χ0v) is 75.6. The minimum atomic E-state index is -5.04. The summed E-state index contributed by atoms with van der Waals surface area (Å²) in [5.74, 6) is -18.6. The van der Waals surface area contributed by atoms with Crippen molar-refractivity contribution in [1.29, 1.82) is 0 Å². The minimum absolute atomic E-state index is 0.0569. The largest absolute Gasteiger partial charge is 0.573 e. The van der Waals surface area contributed by atoms with Gasteiger partial charge in [0.05, 0.1) is 47.7 Å². The molecule has 9 heterocycles. The molecule has 0 aliphatic carbocycles. The SMILES string of the molecule is CN[C@H](CC(C)C)C(=O)NC1C(=O)N[C@@H](CC(N)=O)C(=O)N[C@H]2C(=O)N[C@H]3C(=O)N[C@H](C(=O)N[C@@H](C(=O)O)c4cc(O)cc(O)c4-c4cc3ccc4O)[C@H](O[C@H]3C[C@](C)(NCc4cnc[nH]4)[C@@H](O)[C@H](C)O3)c3ccc(c(Cl)c3)Oc3cc2cc(c3O[C@@H]2O[C@H](CO)[C@@H](O[C@@H]3O[C@H](CNCc4cccc(NC(=O)c5cccc(OC(F)(F)F)c5)c4)[C@H](O)[C@H](O)[C@H]3O)[C@H](O)[C@H]2O)Oc2ccc(cc2Cl)[C@H]1O. The molecule has 0 spiro atoms. The summed E-state index contributed by atoms with van der Waals surface area (Å²) in [6, 6.07) is 8.97. The summed E-state index contributed by atoms with van der Waals surface area (Å²) in [5, 5.41) is 167. The van der Waals surface area contributed by atoms with Crippen LogP contribution in [0.3, 0.4) is 0 Å². The van der Waals surface area contributed by atoms with Crippen molar-refractivity contribution in [3.63, 3.8) is 0 Å². The van der Waals surface area contributed by atoms with E-state index in [1.165, 1.54) is 69.0 Å². The number of aliphatic hydroxyl groups excluding tert-OH is 8. The second kappa shape index (κ2) is 43.0. The number of nitrogens with zero attached hydrogens (tertiary/aromatic N) is 1. The highest BCUT2D eigenvalue weighted by molar-refractivity contribution is 6.32. The zero-order chi connectivity index (χ0) is 100. The second-order valence-corrected chi connectivity index (χ2v) is 35.4. The molecule has 48 heteroatoms. The summed E-state index contributed by atoms with van der Waals surface area (Å²) in [6.45, 7) is 5.17. The van der Waals surface area contributed by atoms with Crippen molar-refractivity contribution in [3.8, 4) is 62.9 Å². The Hall–Kier alpha value is -12.7. The number of aromatic nitrogens is 2. The molecule has 744 valence electrons. The molecule has 1 aromatic heterocycles. The van der Waals surface area contributed by atoms with Crippen molar-refractivity contribution < 1.29 is 160 Å².